The summed E-state index contributed by atoms with van der Waals surface area (Å²) in [6.45, 7) is 10.4. The average Bonchev–Trinajstić information content (AvgIpc) is 2.29. The summed E-state index contributed by atoms with van der Waals surface area (Å²) in [6.07, 6.45) is 2.50. The smallest absolute Gasteiger partial charge is 0.0783 e. The Labute approximate surface area is 129 Å². The van der Waals surface area contributed by atoms with E-state index in [0.29, 0.717) is 12.8 Å². The first kappa shape index (κ1) is 15.8. The lowest BCUT2D eigenvalue weighted by molar-refractivity contribution is -0.0687. The fourth-order valence-corrected chi connectivity index (χ4v) is 4.91. The summed E-state index contributed by atoms with van der Waals surface area (Å²) in [6, 6.07) is 0. The van der Waals surface area contributed by atoms with Crippen molar-refractivity contribution in [2.24, 2.45) is 10.8 Å². The SMILES string of the molecule is C=C1C[C@@H](O)[C@@H](Br)C(C)(C)[C@]12CC[C@@](C)(O)[C@@H](Cl)C2. The van der Waals surface area contributed by atoms with Gasteiger partial charge in [0.1, 0.15) is 0 Å². The van der Waals surface area contributed by atoms with E-state index in [0.717, 1.165) is 18.4 Å². The zero-order valence-electron chi connectivity index (χ0n) is 11.9. The minimum atomic E-state index is -0.805. The number of hydrogen-bond donors (Lipinski definition) is 2. The largest absolute Gasteiger partial charge is 0.392 e. The van der Waals surface area contributed by atoms with Crippen LogP contribution in [0.3, 0.4) is 0 Å². The third-order valence-electron chi connectivity index (χ3n) is 5.65. The number of aliphatic hydroxyl groups is 2. The molecule has 2 aliphatic carbocycles. The first-order valence-electron chi connectivity index (χ1n) is 6.91. The van der Waals surface area contributed by atoms with Crippen molar-refractivity contribution in [3.05, 3.63) is 12.2 Å². The van der Waals surface area contributed by atoms with Gasteiger partial charge >= 0.3 is 0 Å². The van der Waals surface area contributed by atoms with Crippen molar-refractivity contribution in [3.63, 3.8) is 0 Å². The number of aliphatic hydroxyl groups excluding tert-OH is 1. The summed E-state index contributed by atoms with van der Waals surface area (Å²) in [5.41, 5.74) is 0.0448. The molecule has 0 saturated heterocycles. The van der Waals surface area contributed by atoms with Crippen molar-refractivity contribution in [3.8, 4) is 0 Å². The van der Waals surface area contributed by atoms with Crippen LogP contribution in [0.1, 0.15) is 46.5 Å². The minimum Gasteiger partial charge on any atom is -0.392 e. The molecule has 5 atom stereocenters. The molecule has 1 spiro atoms. The molecule has 2 rings (SSSR count). The summed E-state index contributed by atoms with van der Waals surface area (Å²) in [4.78, 5) is 0.0254. The van der Waals surface area contributed by atoms with E-state index in [4.69, 9.17) is 11.6 Å². The van der Waals surface area contributed by atoms with Gasteiger partial charge in [0.2, 0.25) is 0 Å². The van der Waals surface area contributed by atoms with E-state index in [1.165, 1.54) is 0 Å². The maximum Gasteiger partial charge on any atom is 0.0783 e. The van der Waals surface area contributed by atoms with E-state index < -0.39 is 11.7 Å². The molecule has 2 aliphatic rings. The molecule has 0 aliphatic heterocycles. The van der Waals surface area contributed by atoms with Gasteiger partial charge in [-0.15, -0.1) is 11.6 Å². The highest BCUT2D eigenvalue weighted by Gasteiger charge is 2.59. The Kier molecular flexibility index (Phi) is 3.93. The third kappa shape index (κ3) is 2.21. The van der Waals surface area contributed by atoms with E-state index in [9.17, 15) is 10.2 Å². The predicted octanol–water partition coefficient (Wildman–Crippen LogP) is 3.63. The highest BCUT2D eigenvalue weighted by Crippen LogP contribution is 2.63. The molecule has 0 bridgehead atoms. The Morgan fingerprint density at radius 2 is 1.89 bits per heavy atom. The van der Waals surface area contributed by atoms with Gasteiger partial charge < -0.3 is 10.2 Å². The Hall–Kier alpha value is 0.430. The molecule has 0 radical (unpaired) electrons. The van der Waals surface area contributed by atoms with Crippen LogP contribution in [-0.4, -0.2) is 32.1 Å². The molecule has 2 fully saturated rings. The zero-order valence-corrected chi connectivity index (χ0v) is 14.3. The van der Waals surface area contributed by atoms with Gasteiger partial charge in [0, 0.05) is 4.83 Å². The van der Waals surface area contributed by atoms with Gasteiger partial charge in [0.25, 0.3) is 0 Å². The lowest BCUT2D eigenvalue weighted by Gasteiger charge is -2.60. The lowest BCUT2D eigenvalue weighted by atomic mass is 9.49. The van der Waals surface area contributed by atoms with Crippen LogP contribution in [0.5, 0.6) is 0 Å². The molecule has 0 aromatic carbocycles. The standard InChI is InChI=1S/C15H24BrClO2/c1-9-7-10(18)12(16)13(2,3)15(9)6-5-14(4,19)11(17)8-15/h10-12,18-19H,1,5-8H2,2-4H3/t10-,11+,12-,14-,15+/m1/s1. The second-order valence-corrected chi connectivity index (χ2v) is 8.62. The second kappa shape index (κ2) is 4.72. The van der Waals surface area contributed by atoms with E-state index in [1.54, 1.807) is 0 Å². The van der Waals surface area contributed by atoms with Crippen LogP contribution >= 0.6 is 27.5 Å². The van der Waals surface area contributed by atoms with Gasteiger partial charge in [-0.25, -0.2) is 0 Å². The van der Waals surface area contributed by atoms with Gasteiger partial charge in [-0.2, -0.15) is 0 Å². The quantitative estimate of drug-likeness (QED) is 0.517. The summed E-state index contributed by atoms with van der Waals surface area (Å²) >= 11 is 10.1. The topological polar surface area (TPSA) is 40.5 Å². The molecule has 110 valence electrons. The van der Waals surface area contributed by atoms with Crippen LogP contribution in [-0.2, 0) is 0 Å². The Morgan fingerprint density at radius 3 is 2.42 bits per heavy atom. The Bertz CT molecular complexity index is 394. The van der Waals surface area contributed by atoms with Gasteiger partial charge in [0.15, 0.2) is 0 Å². The molecular weight excluding hydrogens is 328 g/mol. The second-order valence-electron chi connectivity index (χ2n) is 7.11. The van der Waals surface area contributed by atoms with Crippen LogP contribution < -0.4 is 0 Å². The van der Waals surface area contributed by atoms with Crippen LogP contribution in [0.2, 0.25) is 0 Å². The normalized spacial score (nSPS) is 50.5. The van der Waals surface area contributed by atoms with Crippen LogP contribution in [0, 0.1) is 10.8 Å². The predicted molar refractivity (Wildman–Crippen MR) is 82.8 cm³/mol. The highest BCUT2D eigenvalue weighted by molar-refractivity contribution is 9.09. The van der Waals surface area contributed by atoms with Gasteiger partial charge in [-0.1, -0.05) is 41.9 Å². The summed E-state index contributed by atoms with van der Waals surface area (Å²) < 4.78 is 0. The van der Waals surface area contributed by atoms with Gasteiger partial charge in [-0.3, -0.25) is 0 Å². The average molecular weight is 352 g/mol. The molecule has 4 heteroatoms. The van der Waals surface area contributed by atoms with Gasteiger partial charge in [0.05, 0.1) is 17.1 Å². The van der Waals surface area contributed by atoms with E-state index >= 15 is 0 Å². The van der Waals surface area contributed by atoms with E-state index in [1.807, 2.05) is 6.92 Å². The molecule has 0 heterocycles. The van der Waals surface area contributed by atoms with Gasteiger partial charge in [-0.05, 0) is 43.4 Å². The molecule has 2 nitrogen and oxygen atoms in total. The maximum atomic E-state index is 10.3. The molecule has 0 aromatic rings. The van der Waals surface area contributed by atoms with Crippen LogP contribution in [0.25, 0.3) is 0 Å². The molecular formula is C15H24BrClO2. The number of alkyl halides is 2. The first-order valence-corrected chi connectivity index (χ1v) is 8.27. The van der Waals surface area contributed by atoms with Crippen molar-refractivity contribution >= 4 is 27.5 Å². The van der Waals surface area contributed by atoms with Crippen molar-refractivity contribution in [1.29, 1.82) is 0 Å². The van der Waals surface area contributed by atoms with Crippen molar-refractivity contribution in [1.82, 2.24) is 0 Å². The summed E-state index contributed by atoms with van der Waals surface area (Å²) in [5, 5.41) is 20.2. The van der Waals surface area contributed by atoms with E-state index in [2.05, 4.69) is 36.4 Å². The fraction of sp³-hybridized carbons (Fsp3) is 0.867. The van der Waals surface area contributed by atoms with Crippen molar-refractivity contribution in [2.45, 2.75) is 68.4 Å². The maximum absolute atomic E-state index is 10.3. The van der Waals surface area contributed by atoms with E-state index in [-0.39, 0.29) is 21.0 Å². The Balaban J connectivity index is 2.39. The molecule has 2 saturated carbocycles. The Morgan fingerprint density at radius 1 is 1.32 bits per heavy atom. The van der Waals surface area contributed by atoms with Crippen LogP contribution in [0.4, 0.5) is 0 Å². The van der Waals surface area contributed by atoms with Crippen molar-refractivity contribution < 1.29 is 10.2 Å². The summed E-state index contributed by atoms with van der Waals surface area (Å²) in [7, 11) is 0. The number of rotatable bonds is 0. The third-order valence-corrected chi connectivity index (χ3v) is 8.03. The zero-order chi connectivity index (χ0) is 14.6. The lowest BCUT2D eigenvalue weighted by Crippen LogP contribution is -2.59. The number of halogens is 2. The molecule has 0 aromatic heterocycles. The molecule has 2 N–H and O–H groups in total. The monoisotopic (exact) mass is 350 g/mol. The first-order chi connectivity index (χ1) is 8.54. The summed E-state index contributed by atoms with van der Waals surface area (Å²) in [5.74, 6) is 0. The highest BCUT2D eigenvalue weighted by atomic mass is 79.9. The molecule has 0 unspecified atom stereocenters. The molecule has 0 amide bonds. The van der Waals surface area contributed by atoms with Crippen molar-refractivity contribution in [2.75, 3.05) is 0 Å². The molecule has 19 heavy (non-hydrogen) atoms. The minimum absolute atomic E-state index is 0.0254. The fourth-order valence-electron chi connectivity index (χ4n) is 3.91. The van der Waals surface area contributed by atoms with Crippen LogP contribution in [0.15, 0.2) is 12.2 Å². The number of hydrogen-bond acceptors (Lipinski definition) is 2.